The van der Waals surface area contributed by atoms with Gasteiger partial charge in [-0.1, -0.05) is 34.6 Å². The summed E-state index contributed by atoms with van der Waals surface area (Å²) in [5.74, 6) is 0.708. The van der Waals surface area contributed by atoms with Crippen molar-refractivity contribution in [1.82, 2.24) is 4.90 Å². The molecule has 0 aromatic rings. The Morgan fingerprint density at radius 1 is 1.33 bits per heavy atom. The molecule has 0 radical (unpaired) electrons. The van der Waals surface area contributed by atoms with Gasteiger partial charge in [0, 0.05) is 12.6 Å². The maximum absolute atomic E-state index is 10.1. The quantitative estimate of drug-likeness (QED) is 0.778. The fraction of sp³-hybridized carbons (Fsp3) is 1.00. The highest BCUT2D eigenvalue weighted by Gasteiger charge is 2.31. The smallest absolute Gasteiger partial charge is 0.0715 e. The van der Waals surface area contributed by atoms with E-state index in [9.17, 15) is 5.11 Å². The number of hydrogen-bond acceptors (Lipinski definition) is 2. The van der Waals surface area contributed by atoms with Crippen LogP contribution >= 0.6 is 0 Å². The molecule has 0 spiro atoms. The average molecular weight is 213 g/mol. The molecular weight excluding hydrogens is 186 g/mol. The van der Waals surface area contributed by atoms with Gasteiger partial charge in [-0.2, -0.15) is 0 Å². The van der Waals surface area contributed by atoms with Crippen molar-refractivity contribution in [3.05, 3.63) is 0 Å². The van der Waals surface area contributed by atoms with E-state index in [1.165, 1.54) is 12.8 Å². The maximum atomic E-state index is 10.1. The van der Waals surface area contributed by atoms with Gasteiger partial charge in [-0.3, -0.25) is 4.90 Å². The minimum absolute atomic E-state index is 0.00409. The third-order valence-corrected chi connectivity index (χ3v) is 3.59. The molecule has 2 unspecified atom stereocenters. The Kier molecular flexibility index (Phi) is 4.19. The van der Waals surface area contributed by atoms with Crippen molar-refractivity contribution in [1.29, 1.82) is 0 Å². The number of aliphatic hydroxyl groups is 1. The molecule has 0 aliphatic carbocycles. The standard InChI is InChI=1S/C13H27NO/c1-10(2)11-7-6-8-14(11)9-12(15)13(3,4)5/h10-12,15H,6-9H2,1-5H3. The Labute approximate surface area is 94.7 Å². The summed E-state index contributed by atoms with van der Waals surface area (Å²) in [5, 5.41) is 10.1. The van der Waals surface area contributed by atoms with E-state index in [2.05, 4.69) is 39.5 Å². The Hall–Kier alpha value is -0.0800. The first-order valence-corrected chi connectivity index (χ1v) is 6.24. The molecule has 0 bridgehead atoms. The largest absolute Gasteiger partial charge is 0.391 e. The van der Waals surface area contributed by atoms with Crippen molar-refractivity contribution in [3.63, 3.8) is 0 Å². The number of rotatable bonds is 3. The number of β-amino-alcohol motifs (C(OH)–C–C–N with tert-alkyl or cyclic N) is 1. The van der Waals surface area contributed by atoms with Gasteiger partial charge in [0.15, 0.2) is 0 Å². The molecular formula is C13H27NO. The van der Waals surface area contributed by atoms with Crippen molar-refractivity contribution in [2.24, 2.45) is 11.3 Å². The summed E-state index contributed by atoms with van der Waals surface area (Å²) < 4.78 is 0. The lowest BCUT2D eigenvalue weighted by molar-refractivity contribution is 0.0199. The molecule has 1 aliphatic rings. The predicted octanol–water partition coefficient (Wildman–Crippen LogP) is 2.51. The lowest BCUT2D eigenvalue weighted by Gasteiger charge is -2.34. The fourth-order valence-electron chi connectivity index (χ4n) is 2.33. The molecule has 2 nitrogen and oxygen atoms in total. The van der Waals surface area contributed by atoms with Crippen LogP contribution in [-0.2, 0) is 0 Å². The van der Waals surface area contributed by atoms with Crippen molar-refractivity contribution in [2.75, 3.05) is 13.1 Å². The van der Waals surface area contributed by atoms with Gasteiger partial charge in [-0.15, -0.1) is 0 Å². The third-order valence-electron chi connectivity index (χ3n) is 3.59. The topological polar surface area (TPSA) is 23.5 Å². The molecule has 0 aromatic heterocycles. The van der Waals surface area contributed by atoms with Crippen LogP contribution in [0.4, 0.5) is 0 Å². The van der Waals surface area contributed by atoms with E-state index in [0.29, 0.717) is 12.0 Å². The molecule has 2 heteroatoms. The summed E-state index contributed by atoms with van der Waals surface area (Å²) in [4.78, 5) is 2.47. The van der Waals surface area contributed by atoms with Crippen LogP contribution in [0.2, 0.25) is 0 Å². The number of nitrogens with zero attached hydrogens (tertiary/aromatic N) is 1. The van der Waals surface area contributed by atoms with Crippen LogP contribution in [0.3, 0.4) is 0 Å². The molecule has 90 valence electrons. The second kappa shape index (κ2) is 4.84. The highest BCUT2D eigenvalue weighted by Crippen LogP contribution is 2.27. The van der Waals surface area contributed by atoms with Crippen molar-refractivity contribution in [2.45, 2.75) is 59.6 Å². The summed E-state index contributed by atoms with van der Waals surface area (Å²) in [6, 6.07) is 0.682. The fourth-order valence-corrected chi connectivity index (χ4v) is 2.33. The Morgan fingerprint density at radius 3 is 2.40 bits per heavy atom. The Morgan fingerprint density at radius 2 is 1.93 bits per heavy atom. The Bertz CT molecular complexity index is 195. The van der Waals surface area contributed by atoms with Crippen molar-refractivity contribution >= 4 is 0 Å². The average Bonchev–Trinajstić information content (AvgIpc) is 2.50. The third kappa shape index (κ3) is 3.46. The van der Waals surface area contributed by atoms with E-state index in [1.807, 2.05) is 0 Å². The summed E-state index contributed by atoms with van der Waals surface area (Å²) in [5.41, 5.74) is 0.00409. The van der Waals surface area contributed by atoms with Gasteiger partial charge in [-0.05, 0) is 30.7 Å². The first kappa shape index (κ1) is 13.0. The highest BCUT2D eigenvalue weighted by molar-refractivity contribution is 4.85. The second-order valence-electron chi connectivity index (χ2n) is 6.33. The molecule has 1 N–H and O–H groups in total. The van der Waals surface area contributed by atoms with Crippen LogP contribution in [0.1, 0.15) is 47.5 Å². The normalized spacial score (nSPS) is 26.2. The van der Waals surface area contributed by atoms with Crippen LogP contribution in [0.5, 0.6) is 0 Å². The van der Waals surface area contributed by atoms with Crippen LogP contribution < -0.4 is 0 Å². The lowest BCUT2D eigenvalue weighted by Crippen LogP contribution is -2.43. The van der Waals surface area contributed by atoms with Gasteiger partial charge in [0.05, 0.1) is 6.10 Å². The van der Waals surface area contributed by atoms with E-state index in [4.69, 9.17) is 0 Å². The zero-order chi connectivity index (χ0) is 11.6. The summed E-state index contributed by atoms with van der Waals surface area (Å²) in [7, 11) is 0. The SMILES string of the molecule is CC(C)C1CCCN1CC(O)C(C)(C)C. The van der Waals surface area contributed by atoms with Crippen LogP contribution in [0, 0.1) is 11.3 Å². The molecule has 1 fully saturated rings. The van der Waals surface area contributed by atoms with Crippen LogP contribution in [0.15, 0.2) is 0 Å². The van der Waals surface area contributed by atoms with E-state index in [0.717, 1.165) is 13.1 Å². The van der Waals surface area contributed by atoms with Crippen LogP contribution in [-0.4, -0.2) is 35.2 Å². The monoisotopic (exact) mass is 213 g/mol. The number of likely N-dealkylation sites (tertiary alicyclic amines) is 1. The van der Waals surface area contributed by atoms with Crippen molar-refractivity contribution < 1.29 is 5.11 Å². The molecule has 1 heterocycles. The number of hydrogen-bond donors (Lipinski definition) is 1. The molecule has 1 rings (SSSR count). The minimum atomic E-state index is -0.211. The first-order chi connectivity index (χ1) is 6.82. The van der Waals surface area contributed by atoms with E-state index >= 15 is 0 Å². The summed E-state index contributed by atoms with van der Waals surface area (Å²) in [6.45, 7) is 12.9. The van der Waals surface area contributed by atoms with Crippen molar-refractivity contribution in [3.8, 4) is 0 Å². The molecule has 0 saturated carbocycles. The predicted molar refractivity (Wildman–Crippen MR) is 64.9 cm³/mol. The van der Waals surface area contributed by atoms with Crippen LogP contribution in [0.25, 0.3) is 0 Å². The molecule has 1 aliphatic heterocycles. The van der Waals surface area contributed by atoms with Gasteiger partial charge < -0.3 is 5.11 Å². The first-order valence-electron chi connectivity index (χ1n) is 6.24. The molecule has 0 amide bonds. The molecule has 0 aromatic carbocycles. The molecule has 2 atom stereocenters. The zero-order valence-corrected chi connectivity index (χ0v) is 11.0. The molecule has 15 heavy (non-hydrogen) atoms. The van der Waals surface area contributed by atoms with Gasteiger partial charge in [0.2, 0.25) is 0 Å². The minimum Gasteiger partial charge on any atom is -0.391 e. The zero-order valence-electron chi connectivity index (χ0n) is 11.0. The lowest BCUT2D eigenvalue weighted by atomic mass is 9.88. The Balaban J connectivity index is 2.50. The second-order valence-corrected chi connectivity index (χ2v) is 6.33. The van der Waals surface area contributed by atoms with Gasteiger partial charge in [0.25, 0.3) is 0 Å². The highest BCUT2D eigenvalue weighted by atomic mass is 16.3. The van der Waals surface area contributed by atoms with Gasteiger partial charge in [-0.25, -0.2) is 0 Å². The number of aliphatic hydroxyl groups excluding tert-OH is 1. The van der Waals surface area contributed by atoms with E-state index < -0.39 is 0 Å². The molecule has 1 saturated heterocycles. The van der Waals surface area contributed by atoms with Gasteiger partial charge >= 0.3 is 0 Å². The maximum Gasteiger partial charge on any atom is 0.0715 e. The summed E-state index contributed by atoms with van der Waals surface area (Å²) in [6.07, 6.45) is 2.38. The summed E-state index contributed by atoms with van der Waals surface area (Å²) >= 11 is 0. The van der Waals surface area contributed by atoms with Gasteiger partial charge in [0.1, 0.15) is 0 Å². The van der Waals surface area contributed by atoms with E-state index in [1.54, 1.807) is 0 Å². The van der Waals surface area contributed by atoms with E-state index in [-0.39, 0.29) is 11.5 Å².